The molecule has 2 aliphatic carbocycles. The van der Waals surface area contributed by atoms with Gasteiger partial charge in [-0.2, -0.15) is 0 Å². The Morgan fingerprint density at radius 2 is 1.74 bits per heavy atom. The molecule has 13 nitrogen and oxygen atoms in total. The SMILES string of the molecule is CC(C)c1ccccc1[C@@H]1CCCN1C1CC2(CCN(c3ccc(C(=O)NS(=O)(=O)c4cc([N+](=O)[O-])c(NCC5CCC(C)(O)CC5)c5[nH]cnc45)cc3)CC2)C1. The zero-order chi connectivity index (χ0) is 40.1. The van der Waals surface area contributed by atoms with E-state index >= 15 is 0 Å². The molecule has 1 spiro atoms. The number of nitro benzene ring substituents is 1. The molecule has 3 heterocycles. The minimum absolute atomic E-state index is 0.0114. The average molecular weight is 798 g/mol. The molecule has 0 radical (unpaired) electrons. The Morgan fingerprint density at radius 1 is 1.04 bits per heavy atom. The molecule has 0 unspecified atom stereocenters. The first kappa shape index (κ1) is 39.3. The van der Waals surface area contributed by atoms with Crippen molar-refractivity contribution in [1.82, 2.24) is 19.6 Å². The van der Waals surface area contributed by atoms with E-state index in [0.717, 1.165) is 50.5 Å². The lowest BCUT2D eigenvalue weighted by Gasteiger charge is -2.56. The maximum atomic E-state index is 13.7. The van der Waals surface area contributed by atoms with E-state index in [9.17, 15) is 28.4 Å². The number of H-pyrrole nitrogens is 1. The molecule has 4 fully saturated rings. The van der Waals surface area contributed by atoms with Gasteiger partial charge in [0.15, 0.2) is 0 Å². The van der Waals surface area contributed by atoms with Gasteiger partial charge in [0.25, 0.3) is 21.6 Å². The van der Waals surface area contributed by atoms with Crippen molar-refractivity contribution in [3.8, 4) is 0 Å². The second kappa shape index (κ2) is 15.3. The molecule has 3 aromatic carbocycles. The Balaban J connectivity index is 0.885. The minimum atomic E-state index is -4.56. The summed E-state index contributed by atoms with van der Waals surface area (Å²) >= 11 is 0. The van der Waals surface area contributed by atoms with Gasteiger partial charge in [0.05, 0.1) is 22.4 Å². The number of aromatic amines is 1. The van der Waals surface area contributed by atoms with E-state index in [4.69, 9.17) is 0 Å². The van der Waals surface area contributed by atoms with Gasteiger partial charge in [0.2, 0.25) is 0 Å². The molecule has 4 aliphatic rings. The van der Waals surface area contributed by atoms with Gasteiger partial charge in [-0.15, -0.1) is 0 Å². The smallest absolute Gasteiger partial charge is 0.296 e. The number of likely N-dealkylation sites (tertiary alicyclic amines) is 1. The zero-order valence-electron chi connectivity index (χ0n) is 33.2. The Bertz CT molecular complexity index is 2230. The number of fused-ring (bicyclic) bond motifs is 1. The quantitative estimate of drug-likeness (QED) is 0.0872. The molecule has 1 atom stereocenters. The third-order valence-corrected chi connectivity index (χ3v) is 14.9. The molecule has 0 bridgehead atoms. The Labute approximate surface area is 334 Å². The standard InChI is InChI=1S/C43H55N7O6S/c1-28(2)33-7-4-5-8-34(33)35-9-6-20-49(35)32-24-43(25-32)18-21-48(22-19-43)31-12-10-30(11-13-31)41(51)47-57(55,56)37-23-36(50(53)54)38(40-39(37)45-27-46-40)44-26-29-14-16-42(3,52)17-15-29/h4-5,7-8,10-13,23,27-29,32,35,44,52H,6,9,14-22,24-26H2,1-3H3,(H,45,46)(H,47,51)/t29?,35-,42?/m0/s1. The number of amides is 1. The first-order chi connectivity index (χ1) is 27.2. The fourth-order valence-electron chi connectivity index (χ4n) is 10.1. The highest BCUT2D eigenvalue weighted by atomic mass is 32.2. The van der Waals surface area contributed by atoms with E-state index in [1.807, 2.05) is 19.1 Å². The lowest BCUT2D eigenvalue weighted by atomic mass is 9.59. The summed E-state index contributed by atoms with van der Waals surface area (Å²) < 4.78 is 29.4. The number of carbonyl (C=O) groups excluding carboxylic acids is 1. The average Bonchev–Trinajstić information content (AvgIpc) is 3.87. The number of benzene rings is 3. The number of nitrogens with one attached hydrogen (secondary N) is 3. The van der Waals surface area contributed by atoms with Crippen LogP contribution in [-0.2, 0) is 10.0 Å². The third kappa shape index (κ3) is 7.88. The van der Waals surface area contributed by atoms with Crippen LogP contribution in [0.25, 0.3) is 11.0 Å². The van der Waals surface area contributed by atoms with Gasteiger partial charge in [0.1, 0.15) is 16.1 Å². The summed E-state index contributed by atoms with van der Waals surface area (Å²) in [6, 6.07) is 18.1. The van der Waals surface area contributed by atoms with E-state index in [1.165, 1.54) is 49.7 Å². The number of nitro groups is 1. The van der Waals surface area contributed by atoms with Crippen molar-refractivity contribution in [3.05, 3.63) is 87.7 Å². The first-order valence-electron chi connectivity index (χ1n) is 20.6. The highest BCUT2D eigenvalue weighted by Crippen LogP contribution is 2.54. The number of aliphatic hydroxyl groups is 1. The van der Waals surface area contributed by atoms with E-state index < -0.39 is 37.0 Å². The number of piperidine rings is 1. The zero-order valence-corrected chi connectivity index (χ0v) is 34.0. The number of aromatic nitrogens is 2. The molecular formula is C43H55N7O6S. The molecule has 8 rings (SSSR count). The summed E-state index contributed by atoms with van der Waals surface area (Å²) in [7, 11) is -4.56. The largest absolute Gasteiger partial charge is 0.390 e. The Kier molecular flexibility index (Phi) is 10.6. The van der Waals surface area contributed by atoms with Crippen LogP contribution in [0.1, 0.15) is 118 Å². The van der Waals surface area contributed by atoms with E-state index in [0.29, 0.717) is 42.8 Å². The lowest BCUT2D eigenvalue weighted by Crippen LogP contribution is -2.54. The van der Waals surface area contributed by atoms with E-state index in [-0.39, 0.29) is 28.2 Å². The summed E-state index contributed by atoms with van der Waals surface area (Å²) in [6.45, 7) is 9.84. The topological polar surface area (TPSA) is 174 Å². The molecule has 2 saturated carbocycles. The predicted molar refractivity (Wildman–Crippen MR) is 221 cm³/mol. The summed E-state index contributed by atoms with van der Waals surface area (Å²) in [4.78, 5) is 36.6. The van der Waals surface area contributed by atoms with E-state index in [1.54, 1.807) is 12.1 Å². The molecule has 57 heavy (non-hydrogen) atoms. The van der Waals surface area contributed by atoms with Crippen molar-refractivity contribution in [1.29, 1.82) is 0 Å². The fraction of sp³-hybridized carbons (Fsp3) is 0.535. The van der Waals surface area contributed by atoms with Gasteiger partial charge in [-0.1, -0.05) is 38.1 Å². The van der Waals surface area contributed by atoms with Gasteiger partial charge < -0.3 is 20.3 Å². The molecule has 1 aromatic heterocycles. The number of carbonyl (C=O) groups is 1. The van der Waals surface area contributed by atoms with Crippen LogP contribution >= 0.6 is 0 Å². The third-order valence-electron chi connectivity index (χ3n) is 13.5. The van der Waals surface area contributed by atoms with Crippen molar-refractivity contribution in [2.45, 2.75) is 113 Å². The molecular weight excluding hydrogens is 743 g/mol. The molecule has 2 aliphatic heterocycles. The molecule has 4 aromatic rings. The summed E-state index contributed by atoms with van der Waals surface area (Å²) in [5, 5.41) is 25.7. The summed E-state index contributed by atoms with van der Waals surface area (Å²) in [5.74, 6) is -0.134. The lowest BCUT2D eigenvalue weighted by molar-refractivity contribution is -0.384. The Morgan fingerprint density at radius 3 is 2.42 bits per heavy atom. The molecule has 1 amide bonds. The van der Waals surface area contributed by atoms with E-state index in [2.05, 4.69) is 67.9 Å². The Hall–Kier alpha value is -4.53. The molecule has 2 saturated heterocycles. The number of sulfonamides is 1. The van der Waals surface area contributed by atoms with Crippen molar-refractivity contribution in [2.75, 3.05) is 36.4 Å². The van der Waals surface area contributed by atoms with Gasteiger partial charge in [0, 0.05) is 49.0 Å². The maximum absolute atomic E-state index is 13.7. The van der Waals surface area contributed by atoms with Crippen LogP contribution in [0.4, 0.5) is 17.1 Å². The second-order valence-electron chi connectivity index (χ2n) is 17.7. The van der Waals surface area contributed by atoms with Gasteiger partial charge in [-0.3, -0.25) is 19.8 Å². The van der Waals surface area contributed by atoms with Crippen molar-refractivity contribution in [3.63, 3.8) is 0 Å². The summed E-state index contributed by atoms with van der Waals surface area (Å²) in [6.07, 6.45) is 11.3. The van der Waals surface area contributed by atoms with Gasteiger partial charge in [-0.25, -0.2) is 18.1 Å². The number of hydrogen-bond donors (Lipinski definition) is 4. The van der Waals surface area contributed by atoms with Crippen molar-refractivity contribution in [2.24, 2.45) is 11.3 Å². The highest BCUT2D eigenvalue weighted by molar-refractivity contribution is 7.90. The number of hydrogen-bond acceptors (Lipinski definition) is 10. The van der Waals surface area contributed by atoms with Crippen molar-refractivity contribution >= 4 is 44.0 Å². The van der Waals surface area contributed by atoms with Gasteiger partial charge >= 0.3 is 0 Å². The van der Waals surface area contributed by atoms with Gasteiger partial charge in [-0.05, 0) is 130 Å². The normalized spacial score (nSPS) is 24.2. The van der Waals surface area contributed by atoms with Crippen LogP contribution in [0.2, 0.25) is 0 Å². The predicted octanol–water partition coefficient (Wildman–Crippen LogP) is 7.65. The maximum Gasteiger partial charge on any atom is 0.296 e. The number of imidazole rings is 1. The molecule has 304 valence electrons. The van der Waals surface area contributed by atoms with Crippen LogP contribution < -0.4 is 14.9 Å². The van der Waals surface area contributed by atoms with Crippen LogP contribution in [-0.4, -0.2) is 77.0 Å². The molecule has 4 N–H and O–H groups in total. The van der Waals surface area contributed by atoms with Crippen LogP contribution in [0.15, 0.2) is 65.8 Å². The van der Waals surface area contributed by atoms with Crippen LogP contribution in [0.5, 0.6) is 0 Å². The molecule has 14 heteroatoms. The number of rotatable bonds is 11. The number of anilines is 2. The summed E-state index contributed by atoms with van der Waals surface area (Å²) in [5.41, 5.74) is 3.65. The highest BCUT2D eigenvalue weighted by Gasteiger charge is 2.50. The number of nitrogens with zero attached hydrogens (tertiary/aromatic N) is 4. The monoisotopic (exact) mass is 797 g/mol. The fourth-order valence-corrected chi connectivity index (χ4v) is 11.3. The van der Waals surface area contributed by atoms with Crippen LogP contribution in [0.3, 0.4) is 0 Å². The first-order valence-corrected chi connectivity index (χ1v) is 22.1. The second-order valence-corrected chi connectivity index (χ2v) is 19.3. The van der Waals surface area contributed by atoms with Crippen molar-refractivity contribution < 1.29 is 23.2 Å². The van der Waals surface area contributed by atoms with Crippen LogP contribution in [0, 0.1) is 21.4 Å². The minimum Gasteiger partial charge on any atom is -0.390 e.